The van der Waals surface area contributed by atoms with Crippen molar-refractivity contribution in [1.82, 2.24) is 20.6 Å². The summed E-state index contributed by atoms with van der Waals surface area (Å²) in [6.07, 6.45) is 0. The van der Waals surface area contributed by atoms with Crippen molar-refractivity contribution in [3.63, 3.8) is 0 Å². The lowest BCUT2D eigenvalue weighted by Crippen LogP contribution is -2.43. The van der Waals surface area contributed by atoms with Crippen LogP contribution in [0.2, 0.25) is 0 Å². The average Bonchev–Trinajstić information content (AvgIpc) is 2.89. The molecule has 3 amide bonds. The van der Waals surface area contributed by atoms with Crippen molar-refractivity contribution >= 4 is 23.4 Å². The maximum absolute atomic E-state index is 14.7. The molecule has 0 radical (unpaired) electrons. The van der Waals surface area contributed by atoms with Crippen LogP contribution in [0.4, 0.5) is 25.1 Å². The van der Waals surface area contributed by atoms with E-state index < -0.39 is 23.4 Å². The molecule has 37 heavy (non-hydrogen) atoms. The van der Waals surface area contributed by atoms with Crippen molar-refractivity contribution in [2.75, 3.05) is 4.90 Å². The van der Waals surface area contributed by atoms with Crippen LogP contribution >= 0.6 is 0 Å². The van der Waals surface area contributed by atoms with Crippen LogP contribution < -0.4 is 15.5 Å². The van der Waals surface area contributed by atoms with Crippen LogP contribution in [0.15, 0.2) is 66.7 Å². The van der Waals surface area contributed by atoms with E-state index in [4.69, 9.17) is 0 Å². The molecule has 0 saturated carbocycles. The molecule has 2 N–H and O–H groups in total. The van der Waals surface area contributed by atoms with Gasteiger partial charge in [-0.3, -0.25) is 4.79 Å². The van der Waals surface area contributed by atoms with Crippen LogP contribution in [0, 0.1) is 25.5 Å². The predicted octanol–water partition coefficient (Wildman–Crippen LogP) is 5.33. The molecule has 0 saturated heterocycles. The van der Waals surface area contributed by atoms with E-state index in [1.54, 1.807) is 19.1 Å². The number of anilines is 2. The summed E-state index contributed by atoms with van der Waals surface area (Å²) in [5.41, 5.74) is 3.32. The second kappa shape index (κ2) is 9.77. The van der Waals surface area contributed by atoms with Gasteiger partial charge in [0.25, 0.3) is 5.91 Å². The normalized spacial score (nSPS) is 12.6. The monoisotopic (exact) mass is 499 g/mol. The third-order valence-corrected chi connectivity index (χ3v) is 6.14. The van der Waals surface area contributed by atoms with Crippen molar-refractivity contribution in [3.05, 3.63) is 106 Å². The Labute approximate surface area is 212 Å². The quantitative estimate of drug-likeness (QED) is 0.389. The number of nitrogens with one attached hydrogen (secondary N) is 2. The van der Waals surface area contributed by atoms with Crippen LogP contribution in [-0.2, 0) is 13.1 Å². The summed E-state index contributed by atoms with van der Waals surface area (Å²) in [6.45, 7) is 3.94. The Bertz CT molecular complexity index is 1500. The summed E-state index contributed by atoms with van der Waals surface area (Å²) >= 11 is 0. The highest BCUT2D eigenvalue weighted by molar-refractivity contribution is 6.02. The van der Waals surface area contributed by atoms with E-state index in [0.717, 1.165) is 28.2 Å². The molecular formula is C28H23F2N5O2. The summed E-state index contributed by atoms with van der Waals surface area (Å²) in [5, 5.41) is 5.57. The minimum Gasteiger partial charge on any atom is -0.348 e. The highest BCUT2D eigenvalue weighted by Crippen LogP contribution is 2.38. The largest absolute Gasteiger partial charge is 0.348 e. The number of aromatic nitrogens is 2. The Morgan fingerprint density at radius 1 is 1.00 bits per heavy atom. The molecule has 2 heterocycles. The molecule has 1 aliphatic heterocycles. The molecule has 4 aromatic rings. The Morgan fingerprint density at radius 2 is 1.73 bits per heavy atom. The molecule has 1 aromatic heterocycles. The van der Waals surface area contributed by atoms with Crippen molar-refractivity contribution in [2.24, 2.45) is 0 Å². The number of para-hydroxylation sites is 1. The Balaban J connectivity index is 1.56. The molecule has 5 rings (SSSR count). The number of hydrogen-bond donors (Lipinski definition) is 2. The second-order valence-electron chi connectivity index (χ2n) is 8.68. The standard InChI is InChI=1S/C28H23F2N5O2/c1-16-11-12-19(27(36)31-14-18-7-4-3-5-8-18)13-20(16)24-21-15-32-28(37)35(26(21)34-17(2)33-24)25-22(29)9-6-10-23(25)30/h3-13H,14-15H2,1-2H3,(H,31,36)(H,32,37). The number of benzene rings is 3. The smallest absolute Gasteiger partial charge is 0.328 e. The van der Waals surface area contributed by atoms with E-state index in [1.807, 2.05) is 43.3 Å². The number of fused-ring (bicyclic) bond motifs is 1. The van der Waals surface area contributed by atoms with Gasteiger partial charge in [-0.25, -0.2) is 28.4 Å². The van der Waals surface area contributed by atoms with Gasteiger partial charge in [0.05, 0.1) is 12.2 Å². The van der Waals surface area contributed by atoms with Gasteiger partial charge < -0.3 is 10.6 Å². The van der Waals surface area contributed by atoms with Gasteiger partial charge >= 0.3 is 6.03 Å². The minimum absolute atomic E-state index is 0.0558. The number of aryl methyl sites for hydroxylation is 2. The fourth-order valence-corrected chi connectivity index (χ4v) is 4.30. The van der Waals surface area contributed by atoms with E-state index >= 15 is 0 Å². The van der Waals surface area contributed by atoms with Gasteiger partial charge in [-0.1, -0.05) is 42.5 Å². The lowest BCUT2D eigenvalue weighted by Gasteiger charge is -2.30. The Morgan fingerprint density at radius 3 is 2.46 bits per heavy atom. The molecule has 0 bridgehead atoms. The summed E-state index contributed by atoms with van der Waals surface area (Å²) in [6, 6.07) is 17.5. The first kappa shape index (κ1) is 24.1. The van der Waals surface area contributed by atoms with Crippen molar-refractivity contribution in [3.8, 4) is 11.3 Å². The second-order valence-corrected chi connectivity index (χ2v) is 8.68. The zero-order valence-electron chi connectivity index (χ0n) is 20.2. The number of halogens is 2. The zero-order chi connectivity index (χ0) is 26.1. The third-order valence-electron chi connectivity index (χ3n) is 6.14. The number of carbonyl (C=O) groups excluding carboxylic acids is 2. The number of nitrogens with zero attached hydrogens (tertiary/aromatic N) is 3. The van der Waals surface area contributed by atoms with Gasteiger partial charge in [0.2, 0.25) is 0 Å². The molecule has 9 heteroatoms. The van der Waals surface area contributed by atoms with Crippen molar-refractivity contribution in [1.29, 1.82) is 0 Å². The first-order valence-corrected chi connectivity index (χ1v) is 11.7. The summed E-state index contributed by atoms with van der Waals surface area (Å²) in [4.78, 5) is 35.6. The fraction of sp³-hybridized carbons (Fsp3) is 0.143. The first-order valence-electron chi connectivity index (χ1n) is 11.7. The van der Waals surface area contributed by atoms with E-state index in [9.17, 15) is 18.4 Å². The molecule has 0 unspecified atom stereocenters. The maximum atomic E-state index is 14.7. The van der Waals surface area contributed by atoms with Gasteiger partial charge in [0.1, 0.15) is 23.1 Å². The van der Waals surface area contributed by atoms with E-state index in [1.165, 1.54) is 6.07 Å². The molecule has 1 aliphatic rings. The zero-order valence-corrected chi connectivity index (χ0v) is 20.2. The highest BCUT2D eigenvalue weighted by atomic mass is 19.1. The molecule has 0 fully saturated rings. The van der Waals surface area contributed by atoms with Crippen LogP contribution in [0.1, 0.15) is 32.9 Å². The van der Waals surface area contributed by atoms with Crippen LogP contribution in [0.25, 0.3) is 11.3 Å². The molecule has 7 nitrogen and oxygen atoms in total. The number of urea groups is 1. The van der Waals surface area contributed by atoms with E-state index in [2.05, 4.69) is 20.6 Å². The van der Waals surface area contributed by atoms with Crippen LogP contribution in [0.5, 0.6) is 0 Å². The Hall–Kier alpha value is -4.66. The highest BCUT2D eigenvalue weighted by Gasteiger charge is 2.33. The van der Waals surface area contributed by atoms with Crippen molar-refractivity contribution < 1.29 is 18.4 Å². The lowest BCUT2D eigenvalue weighted by atomic mass is 9.97. The predicted molar refractivity (Wildman–Crippen MR) is 135 cm³/mol. The lowest BCUT2D eigenvalue weighted by molar-refractivity contribution is 0.0951. The van der Waals surface area contributed by atoms with Crippen molar-refractivity contribution in [2.45, 2.75) is 26.9 Å². The van der Waals surface area contributed by atoms with Gasteiger partial charge in [-0.15, -0.1) is 0 Å². The number of hydrogen-bond acceptors (Lipinski definition) is 4. The SMILES string of the molecule is Cc1nc(-c2cc(C(=O)NCc3ccccc3)ccc2C)c2c(n1)N(c1c(F)cccc1F)C(=O)NC2. The first-order chi connectivity index (χ1) is 17.8. The average molecular weight is 500 g/mol. The topological polar surface area (TPSA) is 87.2 Å². The maximum Gasteiger partial charge on any atom is 0.328 e. The van der Waals surface area contributed by atoms with E-state index in [0.29, 0.717) is 34.8 Å². The summed E-state index contributed by atoms with van der Waals surface area (Å²) < 4.78 is 29.4. The van der Waals surface area contributed by atoms with Gasteiger partial charge in [-0.2, -0.15) is 0 Å². The molecule has 186 valence electrons. The number of rotatable bonds is 5. The molecular weight excluding hydrogens is 476 g/mol. The number of carbonyl (C=O) groups is 2. The van der Waals surface area contributed by atoms with Crippen LogP contribution in [-0.4, -0.2) is 21.9 Å². The summed E-state index contributed by atoms with van der Waals surface area (Å²) in [5.74, 6) is -1.65. The fourth-order valence-electron chi connectivity index (χ4n) is 4.30. The molecule has 0 aliphatic carbocycles. The van der Waals surface area contributed by atoms with Crippen LogP contribution in [0.3, 0.4) is 0 Å². The van der Waals surface area contributed by atoms with E-state index in [-0.39, 0.29) is 18.3 Å². The van der Waals surface area contributed by atoms with Gasteiger partial charge in [0.15, 0.2) is 5.82 Å². The molecule has 0 spiro atoms. The van der Waals surface area contributed by atoms with Gasteiger partial charge in [-0.05, 0) is 49.2 Å². The molecule has 3 aromatic carbocycles. The minimum atomic E-state index is -0.894. The van der Waals surface area contributed by atoms with Gasteiger partial charge in [0, 0.05) is 23.2 Å². The third kappa shape index (κ3) is 4.63. The molecule has 0 atom stereocenters. The Kier molecular flexibility index (Phi) is 6.35. The summed E-state index contributed by atoms with van der Waals surface area (Å²) in [7, 11) is 0. The number of amides is 3.